The van der Waals surface area contributed by atoms with Gasteiger partial charge in [-0.2, -0.15) is 0 Å². The minimum atomic E-state index is -2.11. The van der Waals surface area contributed by atoms with Crippen molar-refractivity contribution in [2.75, 3.05) is 19.8 Å². The third kappa shape index (κ3) is 14.8. The summed E-state index contributed by atoms with van der Waals surface area (Å²) in [6, 6.07) is 24.5. The predicted octanol–water partition coefficient (Wildman–Crippen LogP) is 6.45. The summed E-state index contributed by atoms with van der Waals surface area (Å²) in [5.74, 6) is -11.2. The number of carbonyl (C=O) groups is 10. The van der Waals surface area contributed by atoms with Gasteiger partial charge in [-0.15, -0.1) is 0 Å². The monoisotopic (exact) mass is 1780 g/mol. The van der Waals surface area contributed by atoms with Gasteiger partial charge in [-0.25, -0.2) is 14.4 Å². The highest BCUT2D eigenvalue weighted by Gasteiger charge is 2.82. The number of esters is 9. The van der Waals surface area contributed by atoms with Crippen molar-refractivity contribution < 1.29 is 156 Å². The third-order valence-corrected chi connectivity index (χ3v) is 31.6. The van der Waals surface area contributed by atoms with Gasteiger partial charge < -0.3 is 108 Å². The van der Waals surface area contributed by atoms with Gasteiger partial charge in [0, 0.05) is 101 Å². The molecule has 9 fully saturated rings. The molecule has 127 heavy (non-hydrogen) atoms. The predicted molar refractivity (Wildman–Crippen MR) is 446 cm³/mol. The standard InChI is InChI=1S/C32H42O10.C31H40O11.C31H38O11.CH4/c1-16-13-22-31(15-39-22,42-19(4)34)25-27(41-28(37)20-11-9-8-10-12-20)32(38)14-21(35)17(2)23(29(32,5)6)24(40-18(3)33)26(36)30(16,25)7;2*1-15-19(34)13-31(38)26(41-27(37)18-10-8-7-9-11-18)24-29(6,20(35)12-21-30(24,14-39-21)42-17(3)33)25(36)23(40-16(2)32)22(15)28(31,4)5;/h8-12,16,21-22,24-27,35-36,38H,13-15H2,1-7H3;7-11,19-21,23-26,34-36,38H,12-14H2,1-6H3;7-11,19-21,23-24,26,34-35,38H,12-14H2,1-6H3;1H4/t16-,21-,22+,24+,25-,26+,27-,30+,31-,32+;19-,20-,21+,23+,24-,25+,26-,29+,30-,31+;19-,20-,21+,23+,24-,26-,29+,30-,31+;/m000./s1. The van der Waals surface area contributed by atoms with E-state index in [1.54, 1.807) is 155 Å². The maximum atomic E-state index is 14.8. The summed E-state index contributed by atoms with van der Waals surface area (Å²) in [5, 5.41) is 121. The molecule has 10 N–H and O–H groups in total. The van der Waals surface area contributed by atoms with E-state index in [2.05, 4.69) is 0 Å². The Kier molecular flexibility index (Phi) is 26.0. The molecule has 0 amide bonds. The van der Waals surface area contributed by atoms with Crippen molar-refractivity contribution in [1.82, 2.24) is 0 Å². The number of hydrogen-bond donors (Lipinski definition) is 10. The average molecular weight is 1780 g/mol. The van der Waals surface area contributed by atoms with Crippen LogP contribution in [0.4, 0.5) is 0 Å². The number of ether oxygens (including phenoxy) is 12. The van der Waals surface area contributed by atoms with Crippen molar-refractivity contribution in [2.24, 2.45) is 56.2 Å². The Labute approximate surface area is 737 Å². The SMILES string of the molecule is C.CC(=O)O[C@@H]1C2=C(C)[C@@H](O)C[C@@](O)([C@@H](OC(=O)c3ccccc3)[C@@H]3[C@]4(OC(C)=O)CO[C@@H]4C[C@H](C)[C@@]3(C)[C@@H]1O)C2(C)C.CC(=O)O[C@@H]1C2=C(C)[C@@H](O)C[C@@](O)([C@@H](OC(=O)c3ccccc3)[C@@H]3[C@]4(OC(C)=O)CO[C@@H]4C[C@H](O)[C@@]3(C)[C@@H]1O)C2(C)C.CC(=O)O[C@H]1C(=O)[C@@]2(C)[C@H]([C@H](OC(=O)c3ccccc3)[C@]3(O)C[C@H](O)C(C)=C1C3(C)C)[C@]1(OC(C)=O)CO[C@@H]1C[C@@H]2O. The van der Waals surface area contributed by atoms with Gasteiger partial charge >= 0.3 is 53.7 Å². The maximum Gasteiger partial charge on any atom is 0.338 e. The van der Waals surface area contributed by atoms with Gasteiger partial charge in [0.05, 0.1) is 90.2 Å². The maximum absolute atomic E-state index is 14.8. The van der Waals surface area contributed by atoms with Gasteiger partial charge in [-0.05, 0) is 110 Å². The molecule has 0 unspecified atom stereocenters. The molecule has 12 aliphatic rings. The fourth-order valence-electron chi connectivity index (χ4n) is 24.5. The van der Waals surface area contributed by atoms with Crippen molar-refractivity contribution in [3.8, 4) is 0 Å². The molecule has 6 saturated carbocycles. The highest BCUT2D eigenvalue weighted by atomic mass is 16.7. The minimum Gasteiger partial charge on any atom is -0.455 e. The van der Waals surface area contributed by atoms with Gasteiger partial charge in [0.25, 0.3) is 0 Å². The van der Waals surface area contributed by atoms with Crippen molar-refractivity contribution in [3.63, 3.8) is 0 Å². The number of aliphatic hydroxyl groups excluding tert-OH is 7. The van der Waals surface area contributed by atoms with E-state index in [9.17, 15) is 99.0 Å². The number of rotatable bonds is 12. The Morgan fingerprint density at radius 3 is 0.992 bits per heavy atom. The van der Waals surface area contributed by atoms with Crippen molar-refractivity contribution in [1.29, 1.82) is 0 Å². The van der Waals surface area contributed by atoms with Crippen LogP contribution in [0.15, 0.2) is 124 Å². The summed E-state index contributed by atoms with van der Waals surface area (Å²) in [6.07, 6.45) is -21.3. The van der Waals surface area contributed by atoms with Gasteiger partial charge in [0.2, 0.25) is 0 Å². The molecule has 32 heteroatoms. The summed E-state index contributed by atoms with van der Waals surface area (Å²) >= 11 is 0. The third-order valence-electron chi connectivity index (χ3n) is 31.6. The van der Waals surface area contributed by atoms with Crippen LogP contribution in [-0.2, 0) is 90.4 Å². The first kappa shape index (κ1) is 97.3. The first-order valence-electron chi connectivity index (χ1n) is 42.9. The van der Waals surface area contributed by atoms with Crippen LogP contribution in [0, 0.1) is 56.2 Å². The summed E-state index contributed by atoms with van der Waals surface area (Å²) in [4.78, 5) is 131. The first-order valence-corrected chi connectivity index (χ1v) is 42.9. The van der Waals surface area contributed by atoms with Crippen LogP contribution in [0.5, 0.6) is 0 Å². The molecule has 29 atom stereocenters. The van der Waals surface area contributed by atoms with Gasteiger partial charge in [-0.3, -0.25) is 33.6 Å². The number of ketones is 1. The molecule has 3 aliphatic heterocycles. The average Bonchev–Trinajstić information content (AvgIpc) is 0.676. The minimum absolute atomic E-state index is 0. The van der Waals surface area contributed by atoms with E-state index >= 15 is 0 Å². The molecule has 3 aromatic rings. The van der Waals surface area contributed by atoms with E-state index in [-0.39, 0.29) is 93.1 Å². The molecule has 9 aliphatic carbocycles. The van der Waals surface area contributed by atoms with Crippen molar-refractivity contribution in [3.05, 3.63) is 141 Å². The van der Waals surface area contributed by atoms with E-state index < -0.39 is 241 Å². The Balaban J connectivity index is 0.000000172. The molecule has 15 rings (SSSR count). The normalized spacial score (nSPS) is 41.2. The second kappa shape index (κ2) is 33.9. The summed E-state index contributed by atoms with van der Waals surface area (Å²) < 4.78 is 71.4. The van der Waals surface area contributed by atoms with Crippen LogP contribution >= 0.6 is 0 Å². The molecule has 0 spiro atoms. The van der Waals surface area contributed by atoms with Crippen LogP contribution in [0.2, 0.25) is 0 Å². The van der Waals surface area contributed by atoms with Crippen molar-refractivity contribution >= 4 is 59.5 Å². The molecular formula is C95H124O32. The first-order chi connectivity index (χ1) is 58.6. The highest BCUT2D eigenvalue weighted by molar-refractivity contribution is 5.96. The lowest BCUT2D eigenvalue weighted by Gasteiger charge is -2.69. The van der Waals surface area contributed by atoms with Crippen LogP contribution in [-0.4, -0.2) is 262 Å². The van der Waals surface area contributed by atoms with Crippen LogP contribution in [0.1, 0.15) is 209 Å². The van der Waals surface area contributed by atoms with Crippen molar-refractivity contribution in [2.45, 2.75) is 309 Å². The lowest BCUT2D eigenvalue weighted by Crippen LogP contribution is -2.82. The zero-order valence-corrected chi connectivity index (χ0v) is 74.5. The molecule has 3 aromatic carbocycles. The van der Waals surface area contributed by atoms with E-state index in [0.29, 0.717) is 28.7 Å². The quantitative estimate of drug-likeness (QED) is 0.0528. The molecule has 6 bridgehead atoms. The Hall–Kier alpha value is -8.74. The summed E-state index contributed by atoms with van der Waals surface area (Å²) in [5.41, 5.74) is -17.0. The number of hydrogen-bond acceptors (Lipinski definition) is 32. The Bertz CT molecular complexity index is 4720. The van der Waals surface area contributed by atoms with E-state index in [1.165, 1.54) is 53.7 Å². The molecule has 0 radical (unpaired) electrons. The molecule has 3 heterocycles. The lowest BCUT2D eigenvalue weighted by atomic mass is 9.43. The topological polar surface area (TPSA) is 484 Å². The van der Waals surface area contributed by atoms with Gasteiger partial charge in [-0.1, -0.05) is 124 Å². The molecule has 3 saturated heterocycles. The fourth-order valence-corrected chi connectivity index (χ4v) is 24.5. The zero-order valence-electron chi connectivity index (χ0n) is 74.5. The van der Waals surface area contributed by atoms with Gasteiger partial charge in [0.15, 0.2) is 40.9 Å². The number of Topliss-reactive ketones (excluding diaryl/α,β-unsaturated/α-hetero) is 1. The number of fused-ring (bicyclic) bond motifs is 15. The van der Waals surface area contributed by atoms with E-state index in [4.69, 9.17) is 56.8 Å². The fraction of sp³-hybridized carbons (Fsp3) is 0.642. The number of benzene rings is 3. The van der Waals surface area contributed by atoms with E-state index in [0.717, 1.165) is 6.92 Å². The molecule has 696 valence electrons. The lowest BCUT2D eigenvalue weighted by molar-refractivity contribution is -0.365. The zero-order chi connectivity index (χ0) is 93.0. The second-order valence-electron chi connectivity index (χ2n) is 39.1. The molecule has 32 nitrogen and oxygen atoms in total. The van der Waals surface area contributed by atoms with Crippen LogP contribution in [0.3, 0.4) is 0 Å². The second-order valence-corrected chi connectivity index (χ2v) is 39.1. The van der Waals surface area contributed by atoms with E-state index in [1.807, 2.05) is 6.92 Å². The highest BCUT2D eigenvalue weighted by Crippen LogP contribution is 2.70. The van der Waals surface area contributed by atoms with Crippen LogP contribution in [0.25, 0.3) is 0 Å². The summed E-state index contributed by atoms with van der Waals surface area (Å²) in [7, 11) is 0. The molecule has 0 aromatic heterocycles. The largest absolute Gasteiger partial charge is 0.455 e. The number of aliphatic hydroxyl groups is 10. The number of carbonyl (C=O) groups excluding carboxylic acids is 10. The Morgan fingerprint density at radius 1 is 0.378 bits per heavy atom. The molecular weight excluding hydrogens is 1650 g/mol. The van der Waals surface area contributed by atoms with Crippen LogP contribution < -0.4 is 0 Å². The smallest absolute Gasteiger partial charge is 0.338 e. The van der Waals surface area contributed by atoms with Gasteiger partial charge in [0.1, 0.15) is 65.6 Å². The summed E-state index contributed by atoms with van der Waals surface area (Å²) in [6.45, 7) is 28.5. The Morgan fingerprint density at radius 2 is 0.669 bits per heavy atom.